The Morgan fingerprint density at radius 3 is 2.56 bits per heavy atom. The van der Waals surface area contributed by atoms with Crippen molar-refractivity contribution < 1.29 is 34.0 Å². The summed E-state index contributed by atoms with van der Waals surface area (Å²) in [6.07, 6.45) is -1.38. The van der Waals surface area contributed by atoms with Crippen molar-refractivity contribution in [2.45, 2.75) is 37.8 Å². The third-order valence-corrected chi connectivity index (χ3v) is 3.86. The van der Waals surface area contributed by atoms with Crippen molar-refractivity contribution >= 4 is 17.8 Å². The molecule has 0 spiro atoms. The van der Waals surface area contributed by atoms with Gasteiger partial charge in [0.1, 0.15) is 24.1 Å². The highest BCUT2D eigenvalue weighted by atomic mass is 16.6. The maximum Gasteiger partial charge on any atom is 0.303 e. The minimum absolute atomic E-state index is 0.0750. The lowest BCUT2D eigenvalue weighted by Crippen LogP contribution is -2.55. The molecule has 1 aliphatic rings. The zero-order chi connectivity index (χ0) is 18.4. The van der Waals surface area contributed by atoms with Crippen LogP contribution >= 0.6 is 0 Å². The van der Waals surface area contributed by atoms with Crippen LogP contribution in [0.1, 0.15) is 18.9 Å². The number of aliphatic hydroxyl groups excluding tert-OH is 2. The molecule has 4 atom stereocenters. The lowest BCUT2D eigenvalue weighted by molar-refractivity contribution is -0.207. The van der Waals surface area contributed by atoms with Gasteiger partial charge in [0.2, 0.25) is 0 Å². The Kier molecular flexibility index (Phi) is 6.69. The summed E-state index contributed by atoms with van der Waals surface area (Å²) in [5.74, 6) is -0.148. The summed E-state index contributed by atoms with van der Waals surface area (Å²) in [5, 5.41) is 19.6. The second-order valence-corrected chi connectivity index (χ2v) is 5.78. The molecule has 1 heterocycles. The summed E-state index contributed by atoms with van der Waals surface area (Å²) in [7, 11) is 1.57. The first-order valence-corrected chi connectivity index (χ1v) is 7.90. The second-order valence-electron chi connectivity index (χ2n) is 5.78. The first kappa shape index (κ1) is 19.1. The molecule has 1 aliphatic heterocycles. The van der Waals surface area contributed by atoms with Crippen LogP contribution in [0.25, 0.3) is 6.08 Å². The third-order valence-electron chi connectivity index (χ3n) is 3.86. The van der Waals surface area contributed by atoms with Crippen molar-refractivity contribution in [3.05, 3.63) is 35.9 Å². The fraction of sp³-hybridized carbons (Fsp3) is 0.444. The molecule has 0 amide bonds. The van der Waals surface area contributed by atoms with E-state index in [4.69, 9.17) is 14.2 Å². The molecular formula is C18H22O7. The third kappa shape index (κ3) is 5.38. The molecule has 7 heteroatoms. The number of methoxy groups -OCH3 is 1. The highest BCUT2D eigenvalue weighted by molar-refractivity contribution is 5.94. The first-order chi connectivity index (χ1) is 11.9. The van der Waals surface area contributed by atoms with Crippen LogP contribution in [0.2, 0.25) is 0 Å². The molecule has 2 N–H and O–H groups in total. The average molecular weight is 350 g/mol. The summed E-state index contributed by atoms with van der Waals surface area (Å²) < 4.78 is 15.4. The number of aliphatic hydroxyl groups is 2. The molecule has 1 unspecified atom stereocenters. The van der Waals surface area contributed by atoms with E-state index >= 15 is 0 Å². The van der Waals surface area contributed by atoms with Crippen LogP contribution in [0.15, 0.2) is 30.3 Å². The van der Waals surface area contributed by atoms with E-state index in [0.29, 0.717) is 0 Å². The topological polar surface area (TPSA) is 102 Å². The van der Waals surface area contributed by atoms with E-state index in [9.17, 15) is 19.8 Å². The number of carbonyl (C=O) groups excluding carboxylic acids is 2. The molecular weight excluding hydrogens is 328 g/mol. The van der Waals surface area contributed by atoms with Crippen molar-refractivity contribution in [2.24, 2.45) is 0 Å². The fourth-order valence-corrected chi connectivity index (χ4v) is 2.54. The minimum Gasteiger partial charge on any atom is -0.497 e. The summed E-state index contributed by atoms with van der Waals surface area (Å²) in [5.41, 5.74) is 0.825. The molecule has 1 aromatic carbocycles. The van der Waals surface area contributed by atoms with E-state index in [1.807, 2.05) is 12.1 Å². The summed E-state index contributed by atoms with van der Waals surface area (Å²) in [6.45, 7) is 1.06. The number of ketones is 1. The zero-order valence-electron chi connectivity index (χ0n) is 14.1. The molecule has 2 rings (SSSR count). The monoisotopic (exact) mass is 350 g/mol. The molecule has 0 aromatic heterocycles. The zero-order valence-corrected chi connectivity index (χ0v) is 14.1. The molecule has 0 saturated carbocycles. The summed E-state index contributed by atoms with van der Waals surface area (Å²) >= 11 is 0. The SMILES string of the molecule is COc1ccc(/C=C/C(=O)CC2OC[C@@H](O)[C@H](O)[C@H]2OC(C)=O)cc1. The van der Waals surface area contributed by atoms with Crippen LogP contribution in [0.5, 0.6) is 5.75 Å². The lowest BCUT2D eigenvalue weighted by Gasteiger charge is -2.37. The van der Waals surface area contributed by atoms with Crippen LogP contribution < -0.4 is 4.74 Å². The standard InChI is InChI=1S/C18H22O7/c1-11(19)25-18-16(24-10-15(21)17(18)22)9-13(20)6-3-12-4-7-14(23-2)8-5-12/h3-8,15-18,21-22H,9-10H2,1-2H3/b6-3+/t15-,16?,17+,18+/m1/s1. The van der Waals surface area contributed by atoms with Gasteiger partial charge in [-0.1, -0.05) is 18.2 Å². The number of benzene rings is 1. The van der Waals surface area contributed by atoms with E-state index in [1.54, 1.807) is 25.3 Å². The Balaban J connectivity index is 1.99. The number of rotatable bonds is 6. The quantitative estimate of drug-likeness (QED) is 0.576. The number of esters is 1. The maximum absolute atomic E-state index is 12.2. The molecule has 0 aliphatic carbocycles. The number of hydrogen-bond acceptors (Lipinski definition) is 7. The average Bonchev–Trinajstić information content (AvgIpc) is 2.59. The molecule has 1 aromatic rings. The van der Waals surface area contributed by atoms with Crippen LogP contribution in [0.4, 0.5) is 0 Å². The van der Waals surface area contributed by atoms with Gasteiger partial charge in [0, 0.05) is 13.3 Å². The van der Waals surface area contributed by atoms with Gasteiger partial charge >= 0.3 is 5.97 Å². The van der Waals surface area contributed by atoms with Crippen LogP contribution in [-0.2, 0) is 19.1 Å². The molecule has 7 nitrogen and oxygen atoms in total. The van der Waals surface area contributed by atoms with Crippen molar-refractivity contribution in [1.29, 1.82) is 0 Å². The maximum atomic E-state index is 12.2. The van der Waals surface area contributed by atoms with Crippen molar-refractivity contribution in [1.82, 2.24) is 0 Å². The molecule has 136 valence electrons. The van der Waals surface area contributed by atoms with E-state index in [0.717, 1.165) is 11.3 Å². The second kappa shape index (κ2) is 8.75. The first-order valence-electron chi connectivity index (χ1n) is 7.90. The van der Waals surface area contributed by atoms with Gasteiger partial charge in [0.15, 0.2) is 11.9 Å². The van der Waals surface area contributed by atoms with E-state index in [-0.39, 0.29) is 18.8 Å². The Morgan fingerprint density at radius 1 is 1.28 bits per heavy atom. The summed E-state index contributed by atoms with van der Waals surface area (Å²) in [4.78, 5) is 23.3. The van der Waals surface area contributed by atoms with Crippen molar-refractivity contribution in [3.8, 4) is 5.75 Å². The van der Waals surface area contributed by atoms with Crippen molar-refractivity contribution in [2.75, 3.05) is 13.7 Å². The minimum atomic E-state index is -1.29. The predicted molar refractivity (Wildman–Crippen MR) is 89.0 cm³/mol. The smallest absolute Gasteiger partial charge is 0.303 e. The van der Waals surface area contributed by atoms with Crippen LogP contribution in [-0.4, -0.2) is 60.1 Å². The van der Waals surface area contributed by atoms with Crippen LogP contribution in [0, 0.1) is 0 Å². The van der Waals surface area contributed by atoms with Gasteiger partial charge in [-0.05, 0) is 23.8 Å². The Morgan fingerprint density at radius 2 is 1.96 bits per heavy atom. The Hall–Kier alpha value is -2.22. The summed E-state index contributed by atoms with van der Waals surface area (Å²) in [6, 6.07) is 7.18. The van der Waals surface area contributed by atoms with Crippen LogP contribution in [0.3, 0.4) is 0 Å². The van der Waals surface area contributed by atoms with E-state index in [1.165, 1.54) is 13.0 Å². The van der Waals surface area contributed by atoms with Crippen molar-refractivity contribution in [3.63, 3.8) is 0 Å². The Labute approximate surface area is 145 Å². The molecule has 1 fully saturated rings. The largest absolute Gasteiger partial charge is 0.497 e. The fourth-order valence-electron chi connectivity index (χ4n) is 2.54. The number of ether oxygens (including phenoxy) is 3. The lowest BCUT2D eigenvalue weighted by atomic mass is 9.96. The normalized spacial score (nSPS) is 26.4. The van der Waals surface area contributed by atoms with Gasteiger partial charge < -0.3 is 24.4 Å². The molecule has 0 radical (unpaired) electrons. The highest BCUT2D eigenvalue weighted by Crippen LogP contribution is 2.22. The Bertz CT molecular complexity index is 623. The van der Waals surface area contributed by atoms with Gasteiger partial charge in [-0.15, -0.1) is 0 Å². The predicted octanol–water partition coefficient (Wildman–Crippen LogP) is 0.720. The number of hydrogen-bond donors (Lipinski definition) is 2. The molecule has 1 saturated heterocycles. The number of allylic oxidation sites excluding steroid dienone is 1. The molecule has 25 heavy (non-hydrogen) atoms. The van der Waals surface area contributed by atoms with Gasteiger partial charge in [0.05, 0.1) is 13.7 Å². The van der Waals surface area contributed by atoms with Gasteiger partial charge in [-0.25, -0.2) is 0 Å². The van der Waals surface area contributed by atoms with E-state index in [2.05, 4.69) is 0 Å². The molecule has 0 bridgehead atoms. The highest BCUT2D eigenvalue weighted by Gasteiger charge is 2.41. The number of carbonyl (C=O) groups is 2. The van der Waals surface area contributed by atoms with Gasteiger partial charge in [-0.2, -0.15) is 0 Å². The van der Waals surface area contributed by atoms with Gasteiger partial charge in [0.25, 0.3) is 0 Å². The van der Waals surface area contributed by atoms with E-state index < -0.39 is 30.4 Å². The van der Waals surface area contributed by atoms with Gasteiger partial charge in [-0.3, -0.25) is 9.59 Å².